The topological polar surface area (TPSA) is 86.8 Å². The lowest BCUT2D eigenvalue weighted by Gasteiger charge is -2.32. The summed E-state index contributed by atoms with van der Waals surface area (Å²) in [5.74, 6) is -0.686. The number of nitrogens with zero attached hydrogens (tertiary/aromatic N) is 2. The maximum atomic E-state index is 13.8. The molecule has 0 saturated heterocycles. The minimum absolute atomic E-state index is 0.0910. The van der Waals surface area contributed by atoms with Crippen LogP contribution < -0.4 is 9.62 Å². The van der Waals surface area contributed by atoms with Gasteiger partial charge in [0, 0.05) is 12.6 Å². The van der Waals surface area contributed by atoms with Crippen molar-refractivity contribution in [1.29, 1.82) is 0 Å². The monoisotopic (exact) mass is 519 g/mol. The maximum absolute atomic E-state index is 13.8. The van der Waals surface area contributed by atoms with Crippen LogP contribution in [0.25, 0.3) is 0 Å². The van der Waals surface area contributed by atoms with E-state index in [1.807, 2.05) is 30.3 Å². The average molecular weight is 520 g/mol. The number of rotatable bonds is 10. The molecule has 1 aliphatic rings. The van der Waals surface area contributed by atoms with Crippen LogP contribution >= 0.6 is 0 Å². The SMILES string of the molecule is C[C@@H](C(=O)NC1CCCC1)N(Cc1ccccc1)C(=O)CN(c1ccccc1)S(=O)(=O)c1ccccc1. The number of amides is 2. The number of sulfonamides is 1. The molecule has 37 heavy (non-hydrogen) atoms. The van der Waals surface area contributed by atoms with Gasteiger partial charge < -0.3 is 10.2 Å². The number of hydrogen-bond donors (Lipinski definition) is 1. The number of para-hydroxylation sites is 1. The van der Waals surface area contributed by atoms with E-state index in [4.69, 9.17) is 0 Å². The van der Waals surface area contributed by atoms with Crippen molar-refractivity contribution in [3.8, 4) is 0 Å². The fraction of sp³-hybridized carbons (Fsp3) is 0.310. The third-order valence-corrected chi connectivity index (χ3v) is 8.51. The molecule has 0 spiro atoms. The molecule has 1 N–H and O–H groups in total. The first-order chi connectivity index (χ1) is 17.9. The highest BCUT2D eigenvalue weighted by Crippen LogP contribution is 2.24. The summed E-state index contributed by atoms with van der Waals surface area (Å²) in [4.78, 5) is 28.6. The Balaban J connectivity index is 1.64. The van der Waals surface area contributed by atoms with Gasteiger partial charge in [0.05, 0.1) is 10.6 Å². The van der Waals surface area contributed by atoms with Gasteiger partial charge in [0.15, 0.2) is 0 Å². The van der Waals surface area contributed by atoms with E-state index in [9.17, 15) is 18.0 Å². The van der Waals surface area contributed by atoms with Crippen LogP contribution in [0.5, 0.6) is 0 Å². The lowest BCUT2D eigenvalue weighted by Crippen LogP contribution is -2.52. The molecule has 0 radical (unpaired) electrons. The van der Waals surface area contributed by atoms with Gasteiger partial charge in [0.2, 0.25) is 11.8 Å². The first-order valence-corrected chi connectivity index (χ1v) is 14.1. The van der Waals surface area contributed by atoms with E-state index in [1.54, 1.807) is 55.5 Å². The second kappa shape index (κ2) is 12.1. The molecule has 4 rings (SSSR count). The molecule has 194 valence electrons. The molecule has 0 bridgehead atoms. The van der Waals surface area contributed by atoms with Crippen molar-refractivity contribution in [2.45, 2.75) is 56.1 Å². The van der Waals surface area contributed by atoms with Gasteiger partial charge in [-0.25, -0.2) is 8.42 Å². The molecule has 3 aromatic rings. The molecule has 3 aromatic carbocycles. The molecule has 1 saturated carbocycles. The van der Waals surface area contributed by atoms with E-state index in [2.05, 4.69) is 5.32 Å². The number of anilines is 1. The molecule has 0 aromatic heterocycles. The van der Waals surface area contributed by atoms with E-state index in [1.165, 1.54) is 17.0 Å². The maximum Gasteiger partial charge on any atom is 0.264 e. The lowest BCUT2D eigenvalue weighted by molar-refractivity contribution is -0.139. The van der Waals surface area contributed by atoms with E-state index in [-0.39, 0.29) is 23.4 Å². The van der Waals surface area contributed by atoms with Gasteiger partial charge in [-0.15, -0.1) is 0 Å². The minimum Gasteiger partial charge on any atom is -0.352 e. The van der Waals surface area contributed by atoms with Gasteiger partial charge in [0.1, 0.15) is 12.6 Å². The van der Waals surface area contributed by atoms with Crippen molar-refractivity contribution in [3.63, 3.8) is 0 Å². The highest BCUT2D eigenvalue weighted by Gasteiger charge is 2.33. The molecule has 2 amide bonds. The van der Waals surface area contributed by atoms with Crippen molar-refractivity contribution < 1.29 is 18.0 Å². The summed E-state index contributed by atoms with van der Waals surface area (Å²) in [5, 5.41) is 3.08. The molecular weight excluding hydrogens is 486 g/mol. The van der Waals surface area contributed by atoms with Crippen LogP contribution in [-0.4, -0.2) is 43.8 Å². The first-order valence-electron chi connectivity index (χ1n) is 12.6. The molecule has 7 nitrogen and oxygen atoms in total. The van der Waals surface area contributed by atoms with Gasteiger partial charge in [-0.2, -0.15) is 0 Å². The number of benzene rings is 3. The van der Waals surface area contributed by atoms with Gasteiger partial charge >= 0.3 is 0 Å². The summed E-state index contributed by atoms with van der Waals surface area (Å²) < 4.78 is 28.4. The molecule has 8 heteroatoms. The normalized spacial score (nSPS) is 14.6. The largest absolute Gasteiger partial charge is 0.352 e. The Morgan fingerprint density at radius 3 is 2.00 bits per heavy atom. The van der Waals surface area contributed by atoms with Crippen molar-refractivity contribution in [1.82, 2.24) is 10.2 Å². The summed E-state index contributed by atoms with van der Waals surface area (Å²) in [6.07, 6.45) is 4.02. The zero-order chi connectivity index (χ0) is 26.3. The Kier molecular flexibility index (Phi) is 8.61. The van der Waals surface area contributed by atoms with Gasteiger partial charge in [-0.05, 0) is 49.6 Å². The number of carbonyl (C=O) groups is 2. The Labute approximate surface area is 219 Å². The van der Waals surface area contributed by atoms with Crippen LogP contribution in [-0.2, 0) is 26.2 Å². The molecular formula is C29H33N3O4S. The van der Waals surface area contributed by atoms with E-state index >= 15 is 0 Å². The smallest absolute Gasteiger partial charge is 0.264 e. The summed E-state index contributed by atoms with van der Waals surface area (Å²) in [6.45, 7) is 1.45. The third kappa shape index (κ3) is 6.57. The highest BCUT2D eigenvalue weighted by molar-refractivity contribution is 7.92. The van der Waals surface area contributed by atoms with E-state index in [0.29, 0.717) is 5.69 Å². The van der Waals surface area contributed by atoms with Crippen LogP contribution in [0.3, 0.4) is 0 Å². The second-order valence-electron chi connectivity index (χ2n) is 9.33. The summed E-state index contributed by atoms with van der Waals surface area (Å²) in [6, 6.07) is 25.4. The van der Waals surface area contributed by atoms with Crippen LogP contribution in [0.1, 0.15) is 38.2 Å². The van der Waals surface area contributed by atoms with Gasteiger partial charge in [0.25, 0.3) is 10.0 Å². The fourth-order valence-electron chi connectivity index (χ4n) is 4.60. The second-order valence-corrected chi connectivity index (χ2v) is 11.2. The molecule has 0 unspecified atom stereocenters. The quantitative estimate of drug-likeness (QED) is 0.431. The number of hydrogen-bond acceptors (Lipinski definition) is 4. The molecule has 0 heterocycles. The van der Waals surface area contributed by atoms with Crippen molar-refractivity contribution >= 4 is 27.5 Å². The Hall–Kier alpha value is -3.65. The predicted octanol–water partition coefficient (Wildman–Crippen LogP) is 4.36. The molecule has 0 aliphatic heterocycles. The number of carbonyl (C=O) groups excluding carboxylic acids is 2. The summed E-state index contributed by atoms with van der Waals surface area (Å²) in [7, 11) is -4.03. The van der Waals surface area contributed by atoms with Crippen LogP contribution in [0, 0.1) is 0 Å². The van der Waals surface area contributed by atoms with Crippen LogP contribution in [0.4, 0.5) is 5.69 Å². The van der Waals surface area contributed by atoms with Crippen molar-refractivity contribution in [3.05, 3.63) is 96.6 Å². The first kappa shape index (κ1) is 26.4. The van der Waals surface area contributed by atoms with Crippen LogP contribution in [0.2, 0.25) is 0 Å². The Bertz CT molecular complexity index is 1280. The number of nitrogens with one attached hydrogen (secondary N) is 1. The molecule has 1 fully saturated rings. The van der Waals surface area contributed by atoms with E-state index < -0.39 is 28.5 Å². The standard InChI is InChI=1S/C29H33N3O4S/c1-23(29(34)30-25-15-11-12-16-25)31(21-24-13-5-2-6-14-24)28(33)22-32(26-17-7-3-8-18-26)37(35,36)27-19-9-4-10-20-27/h2-10,13-14,17-20,23,25H,11-12,15-16,21-22H2,1H3,(H,30,34)/t23-/m0/s1. The zero-order valence-electron chi connectivity index (χ0n) is 21.0. The summed E-state index contributed by atoms with van der Waals surface area (Å²) in [5.41, 5.74) is 1.23. The van der Waals surface area contributed by atoms with Crippen molar-refractivity contribution in [2.24, 2.45) is 0 Å². The molecule has 1 atom stereocenters. The Morgan fingerprint density at radius 2 is 1.41 bits per heavy atom. The lowest BCUT2D eigenvalue weighted by atomic mass is 10.1. The van der Waals surface area contributed by atoms with E-state index in [0.717, 1.165) is 35.6 Å². The van der Waals surface area contributed by atoms with Gasteiger partial charge in [-0.1, -0.05) is 79.6 Å². The van der Waals surface area contributed by atoms with Gasteiger partial charge in [-0.3, -0.25) is 13.9 Å². The fourth-order valence-corrected chi connectivity index (χ4v) is 6.03. The zero-order valence-corrected chi connectivity index (χ0v) is 21.8. The van der Waals surface area contributed by atoms with Crippen LogP contribution in [0.15, 0.2) is 95.9 Å². The summed E-state index contributed by atoms with van der Waals surface area (Å²) >= 11 is 0. The Morgan fingerprint density at radius 1 is 0.865 bits per heavy atom. The average Bonchev–Trinajstić information content (AvgIpc) is 3.44. The predicted molar refractivity (Wildman–Crippen MR) is 144 cm³/mol. The highest BCUT2D eigenvalue weighted by atomic mass is 32.2. The molecule has 1 aliphatic carbocycles. The minimum atomic E-state index is -4.03. The van der Waals surface area contributed by atoms with Crippen molar-refractivity contribution in [2.75, 3.05) is 10.8 Å². The third-order valence-electron chi connectivity index (χ3n) is 6.72.